The molecule has 3 aromatic rings. The third-order valence-electron chi connectivity index (χ3n) is 3.78. The maximum absolute atomic E-state index is 14.0. The lowest BCUT2D eigenvalue weighted by molar-refractivity contribution is -0.128. The van der Waals surface area contributed by atoms with Gasteiger partial charge in [-0.05, 0) is 24.3 Å². The standard InChI is InChI=1S/C18H21FN6O/c1-18(2,3)17(26)21-11-10-20-14-8-9-15-22-23-16(25(15)24-14)12-6-4-5-7-13(12)19/h4-9H,10-11H2,1-3H3,(H,20,24)(H,21,26). The molecular weight excluding hydrogens is 335 g/mol. The molecule has 0 aliphatic carbocycles. The zero-order valence-electron chi connectivity index (χ0n) is 15.0. The van der Waals surface area contributed by atoms with Crippen LogP contribution in [0.2, 0.25) is 0 Å². The lowest BCUT2D eigenvalue weighted by atomic mass is 9.96. The number of benzene rings is 1. The van der Waals surface area contributed by atoms with Gasteiger partial charge in [0.15, 0.2) is 11.5 Å². The first-order valence-corrected chi connectivity index (χ1v) is 8.36. The van der Waals surface area contributed by atoms with E-state index in [0.29, 0.717) is 35.9 Å². The number of halogens is 1. The first-order valence-electron chi connectivity index (χ1n) is 8.36. The van der Waals surface area contributed by atoms with Crippen molar-refractivity contribution in [3.63, 3.8) is 0 Å². The first-order chi connectivity index (χ1) is 12.4. The Balaban J connectivity index is 1.72. The van der Waals surface area contributed by atoms with E-state index in [1.807, 2.05) is 20.8 Å². The molecule has 0 bridgehead atoms. The van der Waals surface area contributed by atoms with Crippen molar-refractivity contribution in [3.05, 3.63) is 42.2 Å². The monoisotopic (exact) mass is 356 g/mol. The third-order valence-corrected chi connectivity index (χ3v) is 3.78. The van der Waals surface area contributed by atoms with Crippen molar-refractivity contribution in [1.82, 2.24) is 25.1 Å². The van der Waals surface area contributed by atoms with Crippen LogP contribution in [0.25, 0.3) is 17.0 Å². The topological polar surface area (TPSA) is 84.2 Å². The number of nitrogens with zero attached hydrogens (tertiary/aromatic N) is 4. The van der Waals surface area contributed by atoms with E-state index in [0.717, 1.165) is 0 Å². The average Bonchev–Trinajstić information content (AvgIpc) is 3.01. The molecule has 136 valence electrons. The van der Waals surface area contributed by atoms with Crippen molar-refractivity contribution in [2.45, 2.75) is 20.8 Å². The number of hydrogen-bond acceptors (Lipinski definition) is 5. The fourth-order valence-corrected chi connectivity index (χ4v) is 2.33. The fraction of sp³-hybridized carbons (Fsp3) is 0.333. The third kappa shape index (κ3) is 3.79. The Morgan fingerprint density at radius 1 is 1.12 bits per heavy atom. The summed E-state index contributed by atoms with van der Waals surface area (Å²) in [5.74, 6) is 0.526. The molecule has 0 fully saturated rings. The molecule has 0 unspecified atom stereocenters. The van der Waals surface area contributed by atoms with Crippen molar-refractivity contribution in [1.29, 1.82) is 0 Å². The quantitative estimate of drug-likeness (QED) is 0.686. The van der Waals surface area contributed by atoms with Gasteiger partial charge < -0.3 is 10.6 Å². The van der Waals surface area contributed by atoms with Crippen molar-refractivity contribution in [2.75, 3.05) is 18.4 Å². The molecule has 1 aromatic carbocycles. The van der Waals surface area contributed by atoms with E-state index in [4.69, 9.17) is 0 Å². The van der Waals surface area contributed by atoms with Crippen LogP contribution in [0.15, 0.2) is 36.4 Å². The summed E-state index contributed by atoms with van der Waals surface area (Å²) < 4.78 is 15.5. The number of carbonyl (C=O) groups is 1. The van der Waals surface area contributed by atoms with Gasteiger partial charge in [-0.2, -0.15) is 4.52 Å². The van der Waals surface area contributed by atoms with Crippen molar-refractivity contribution in [2.24, 2.45) is 5.41 Å². The number of nitrogens with one attached hydrogen (secondary N) is 2. The van der Waals surface area contributed by atoms with Gasteiger partial charge in [0, 0.05) is 18.5 Å². The van der Waals surface area contributed by atoms with E-state index in [9.17, 15) is 9.18 Å². The molecule has 0 spiro atoms. The Bertz CT molecular complexity index is 931. The van der Waals surface area contributed by atoms with Crippen LogP contribution in [0.4, 0.5) is 10.2 Å². The van der Waals surface area contributed by atoms with Crippen molar-refractivity contribution < 1.29 is 9.18 Å². The van der Waals surface area contributed by atoms with Gasteiger partial charge in [0.2, 0.25) is 5.91 Å². The largest absolute Gasteiger partial charge is 0.367 e. The summed E-state index contributed by atoms with van der Waals surface area (Å²) in [6.07, 6.45) is 0. The van der Waals surface area contributed by atoms with Crippen LogP contribution < -0.4 is 10.6 Å². The van der Waals surface area contributed by atoms with Gasteiger partial charge in [-0.3, -0.25) is 4.79 Å². The molecule has 0 atom stereocenters. The molecule has 1 amide bonds. The molecular formula is C18H21FN6O. The van der Waals surface area contributed by atoms with Gasteiger partial charge >= 0.3 is 0 Å². The molecule has 2 heterocycles. The minimum Gasteiger partial charge on any atom is -0.367 e. The van der Waals surface area contributed by atoms with Gasteiger partial charge in [0.1, 0.15) is 11.6 Å². The first kappa shape index (κ1) is 17.8. The Hall–Kier alpha value is -3.03. The average molecular weight is 356 g/mol. The lowest BCUT2D eigenvalue weighted by Crippen LogP contribution is -2.37. The molecule has 8 heteroatoms. The molecule has 0 radical (unpaired) electrons. The maximum Gasteiger partial charge on any atom is 0.225 e. The summed E-state index contributed by atoms with van der Waals surface area (Å²) in [4.78, 5) is 11.8. The highest BCUT2D eigenvalue weighted by Crippen LogP contribution is 2.21. The number of anilines is 1. The van der Waals surface area contributed by atoms with Gasteiger partial charge in [-0.15, -0.1) is 15.3 Å². The lowest BCUT2D eigenvalue weighted by Gasteiger charge is -2.17. The van der Waals surface area contributed by atoms with E-state index >= 15 is 0 Å². The van der Waals surface area contributed by atoms with Crippen LogP contribution in [0.1, 0.15) is 20.8 Å². The predicted octanol–water partition coefficient (Wildman–Crippen LogP) is 2.50. The van der Waals surface area contributed by atoms with E-state index < -0.39 is 5.41 Å². The molecule has 2 N–H and O–H groups in total. The molecule has 0 aliphatic heterocycles. The second kappa shape index (κ2) is 7.07. The molecule has 0 saturated carbocycles. The molecule has 0 aliphatic rings. The molecule has 26 heavy (non-hydrogen) atoms. The normalized spacial score (nSPS) is 11.5. The molecule has 0 saturated heterocycles. The summed E-state index contributed by atoms with van der Waals surface area (Å²) in [7, 11) is 0. The van der Waals surface area contributed by atoms with E-state index in [2.05, 4.69) is 25.9 Å². The zero-order valence-corrected chi connectivity index (χ0v) is 15.0. The number of aromatic nitrogens is 4. The fourth-order valence-electron chi connectivity index (χ4n) is 2.33. The number of hydrogen-bond donors (Lipinski definition) is 2. The summed E-state index contributed by atoms with van der Waals surface area (Å²) in [6, 6.07) is 9.88. The maximum atomic E-state index is 14.0. The van der Waals surface area contributed by atoms with Gasteiger partial charge in [-0.25, -0.2) is 4.39 Å². The van der Waals surface area contributed by atoms with Gasteiger partial charge in [0.05, 0.1) is 5.56 Å². The summed E-state index contributed by atoms with van der Waals surface area (Å²) >= 11 is 0. The van der Waals surface area contributed by atoms with E-state index in [1.54, 1.807) is 30.3 Å². The van der Waals surface area contributed by atoms with Crippen LogP contribution in [0, 0.1) is 11.2 Å². The highest BCUT2D eigenvalue weighted by molar-refractivity contribution is 5.81. The Labute approximate surface area is 150 Å². The minimum atomic E-state index is -0.422. The van der Waals surface area contributed by atoms with Crippen molar-refractivity contribution in [3.8, 4) is 11.4 Å². The van der Waals surface area contributed by atoms with Crippen LogP contribution in [0.3, 0.4) is 0 Å². The van der Waals surface area contributed by atoms with Crippen LogP contribution >= 0.6 is 0 Å². The summed E-state index contributed by atoms with van der Waals surface area (Å²) in [5, 5.41) is 18.5. The van der Waals surface area contributed by atoms with E-state index in [-0.39, 0.29) is 11.7 Å². The van der Waals surface area contributed by atoms with Crippen molar-refractivity contribution >= 4 is 17.4 Å². The predicted molar refractivity (Wildman–Crippen MR) is 97.1 cm³/mol. The number of carbonyl (C=O) groups excluding carboxylic acids is 1. The van der Waals surface area contributed by atoms with E-state index in [1.165, 1.54) is 10.6 Å². The minimum absolute atomic E-state index is 0.0108. The second-order valence-corrected chi connectivity index (χ2v) is 6.92. The zero-order chi connectivity index (χ0) is 18.7. The van der Waals surface area contributed by atoms with Gasteiger partial charge in [0.25, 0.3) is 0 Å². The summed E-state index contributed by atoms with van der Waals surface area (Å²) in [6.45, 7) is 6.57. The number of rotatable bonds is 5. The number of fused-ring (bicyclic) bond motifs is 1. The highest BCUT2D eigenvalue weighted by atomic mass is 19.1. The Morgan fingerprint density at radius 2 is 1.88 bits per heavy atom. The smallest absolute Gasteiger partial charge is 0.225 e. The molecule has 3 rings (SSSR count). The summed E-state index contributed by atoms with van der Waals surface area (Å²) in [5.41, 5.74) is 0.436. The van der Waals surface area contributed by atoms with Crippen LogP contribution in [0.5, 0.6) is 0 Å². The molecule has 7 nitrogen and oxygen atoms in total. The van der Waals surface area contributed by atoms with Gasteiger partial charge in [-0.1, -0.05) is 32.9 Å². The number of amides is 1. The SMILES string of the molecule is CC(C)(C)C(=O)NCCNc1ccc2nnc(-c3ccccc3F)n2n1. The van der Waals surface area contributed by atoms with Crippen LogP contribution in [-0.4, -0.2) is 38.8 Å². The molecule has 2 aromatic heterocycles. The van der Waals surface area contributed by atoms with Crippen LogP contribution in [-0.2, 0) is 4.79 Å². The highest BCUT2D eigenvalue weighted by Gasteiger charge is 2.20. The second-order valence-electron chi connectivity index (χ2n) is 6.92. The Kier molecular flexibility index (Phi) is 4.83. The Morgan fingerprint density at radius 3 is 2.62 bits per heavy atom.